The highest BCUT2D eigenvalue weighted by Crippen LogP contribution is 2.30. The molecule has 2 aliphatic heterocycles. The number of phenolic OH excluding ortho intramolecular Hbond substituents is 2. The SMILES string of the molecule is Clc1nc(Cl)c2[nH]cnc2n1.Clc1nc(NCc2ccccc2)c2[nH]cnc2n1.Clc1nc(NCc2ccccc2)c2ncn(-c3cccnc3)c2n1.NCc1ccccc1.OB(O)c1cccnc1.Oc1ccc(N2CCN(c3nc(NCc4ccccc4)c4ncn(-c5cccnc5)c4n3)CC2)cc1.Oc1ccc(N2CCNCC2)cc1. The number of hydrogen-bond acceptors (Lipinski definition) is 27. The Morgan fingerprint density at radius 3 is 1.28 bits per heavy atom. The third-order valence-electron chi connectivity index (χ3n) is 18.2. The summed E-state index contributed by atoms with van der Waals surface area (Å²) in [4.78, 5) is 75.9. The van der Waals surface area contributed by atoms with Crippen LogP contribution in [-0.4, -0.2) is 174 Å². The number of rotatable bonds is 16. The van der Waals surface area contributed by atoms with Gasteiger partial charge in [-0.25, -0.2) is 24.9 Å². The molecule has 17 aromatic rings. The fraction of sp³-hybridized carbons (Fsp3) is 0.145. The number of imidazole rings is 4. The number of aromatic nitrogens is 19. The fourth-order valence-corrected chi connectivity index (χ4v) is 12.9. The van der Waals surface area contributed by atoms with E-state index < -0.39 is 7.12 Å². The molecule has 13 heterocycles. The second kappa shape index (κ2) is 42.3. The number of aromatic hydroxyl groups is 2. The van der Waals surface area contributed by atoms with E-state index in [1.54, 1.807) is 86.4 Å². The second-order valence-corrected chi connectivity index (χ2v) is 27.5. The van der Waals surface area contributed by atoms with E-state index in [4.69, 9.17) is 77.3 Å². The lowest BCUT2D eigenvalue weighted by atomic mass is 9.82. The largest absolute Gasteiger partial charge is 0.508 e. The van der Waals surface area contributed by atoms with E-state index in [0.717, 1.165) is 91.7 Å². The average molecular weight is 1670 g/mol. The molecule has 12 N–H and O–H groups in total. The number of nitrogens with one attached hydrogen (secondary N) is 6. The van der Waals surface area contributed by atoms with Crippen LogP contribution in [0, 0.1) is 0 Å². The topological polar surface area (TPSA) is 400 Å². The molecule has 11 aromatic heterocycles. The number of aromatic amines is 2. The maximum Gasteiger partial charge on any atom is 0.490 e. The van der Waals surface area contributed by atoms with Gasteiger partial charge in [-0.2, -0.15) is 34.9 Å². The van der Waals surface area contributed by atoms with Crippen molar-refractivity contribution in [3.63, 3.8) is 0 Å². The van der Waals surface area contributed by atoms with Gasteiger partial charge in [-0.3, -0.25) is 24.1 Å². The van der Waals surface area contributed by atoms with Crippen molar-refractivity contribution in [1.29, 1.82) is 0 Å². The van der Waals surface area contributed by atoms with E-state index in [9.17, 15) is 5.11 Å². The van der Waals surface area contributed by atoms with Crippen LogP contribution < -0.4 is 47.2 Å². The van der Waals surface area contributed by atoms with Crippen molar-refractivity contribution in [2.75, 3.05) is 83.0 Å². The van der Waals surface area contributed by atoms with Gasteiger partial charge in [-0.15, -0.1) is 0 Å². The van der Waals surface area contributed by atoms with Gasteiger partial charge in [-0.05, 0) is 136 Å². The molecule has 2 aliphatic rings. The zero-order valence-corrected chi connectivity index (χ0v) is 66.8. The van der Waals surface area contributed by atoms with Crippen LogP contribution in [0.1, 0.15) is 22.3 Å². The van der Waals surface area contributed by atoms with Gasteiger partial charge in [0.1, 0.15) is 35.2 Å². The molecule has 119 heavy (non-hydrogen) atoms. The molecule has 0 unspecified atom stereocenters. The molecule has 0 aliphatic carbocycles. The molecule has 602 valence electrons. The standard InChI is InChI=1S/C27H26N8O.C17H13ClN6.C12H10ClN5.C10H14N2O.C7H9N.C5H6BNO2.C5H2Cl2N4/c36-23-10-8-21(9-11-23)33-13-15-34(16-14-33)27-31-25(29-17-20-5-2-1-3-6-20)24-26(32-27)35(19-30-24)22-7-4-12-28-18-22;18-17-22-15(20-9-12-5-2-1-3-6-12)14-16(23-17)24(11-21-14)13-7-4-8-19-10-13;13-12-17-10(9-11(18-12)16-7-15-9)14-6-8-4-2-1-3-5-8;13-10-3-1-9(2-4-10)12-7-5-11-6-8-12;8-6-7-4-2-1-3-5-7;8-6(9)5-2-1-3-7-4-5;6-3-2-4(9-1-8-2)11-5(7)10-3/h1-12,18-19,36H,13-17H2,(H,29,31,32);1-8,10-11H,9H2,(H,20,22,23);1-5,7H,6H2,(H2,14,15,16,17,18);1-4,11,13H,5-8H2;1-5H,6,8H2;1-4,8-9H;1H,(H,8,9,10,11). The van der Waals surface area contributed by atoms with Gasteiger partial charge >= 0.3 is 7.12 Å². The van der Waals surface area contributed by atoms with Gasteiger partial charge < -0.3 is 71.9 Å². The Morgan fingerprint density at radius 1 is 0.395 bits per heavy atom. The number of nitrogens with two attached hydrogens (primary N) is 1. The molecular weight excluding hydrogens is 1590 g/mol. The minimum Gasteiger partial charge on any atom is -0.508 e. The monoisotopic (exact) mass is 1670 g/mol. The van der Waals surface area contributed by atoms with Crippen LogP contribution in [-0.2, 0) is 26.2 Å². The molecule has 0 bridgehead atoms. The smallest absolute Gasteiger partial charge is 0.490 e. The van der Waals surface area contributed by atoms with Crippen molar-refractivity contribution >= 4 is 138 Å². The van der Waals surface area contributed by atoms with Crippen molar-refractivity contribution in [3.8, 4) is 22.9 Å². The van der Waals surface area contributed by atoms with Gasteiger partial charge in [-0.1, -0.05) is 139 Å². The summed E-state index contributed by atoms with van der Waals surface area (Å²) >= 11 is 23.2. The number of hydrogen-bond donors (Lipinski definition) is 11. The predicted octanol–water partition coefficient (Wildman–Crippen LogP) is 12.3. The molecule has 19 rings (SSSR count). The lowest BCUT2D eigenvalue weighted by molar-refractivity contribution is 0.425. The van der Waals surface area contributed by atoms with E-state index in [2.05, 4.69) is 123 Å². The second-order valence-electron chi connectivity index (χ2n) is 26.1. The molecule has 2 fully saturated rings. The Bertz CT molecular complexity index is 5940. The first-order chi connectivity index (χ1) is 58.2. The number of nitrogens with zero attached hydrogens (tertiary/aromatic N) is 20. The van der Waals surface area contributed by atoms with E-state index in [-0.39, 0.29) is 26.8 Å². The molecule has 36 heteroatoms. The average Bonchev–Trinajstić information content (AvgIpc) is 1.67. The van der Waals surface area contributed by atoms with Crippen LogP contribution in [0.3, 0.4) is 0 Å². The van der Waals surface area contributed by atoms with Gasteiger partial charge in [0.2, 0.25) is 21.8 Å². The Labute approximate surface area is 703 Å². The van der Waals surface area contributed by atoms with Crippen LogP contribution >= 0.6 is 46.4 Å². The first kappa shape index (κ1) is 83.4. The maximum absolute atomic E-state index is 9.60. The van der Waals surface area contributed by atoms with E-state index >= 15 is 0 Å². The number of benzene rings is 6. The minimum absolute atomic E-state index is 0.106. The summed E-state index contributed by atoms with van der Waals surface area (Å²) in [5.74, 6) is 3.26. The molecule has 0 atom stereocenters. The van der Waals surface area contributed by atoms with Crippen LogP contribution in [0.2, 0.25) is 21.0 Å². The molecule has 6 aromatic carbocycles. The lowest BCUT2D eigenvalue weighted by Crippen LogP contribution is -2.47. The van der Waals surface area contributed by atoms with E-state index in [1.807, 2.05) is 167 Å². The summed E-state index contributed by atoms with van der Waals surface area (Å²) in [6.07, 6.45) is 16.5. The number of pyridine rings is 3. The molecule has 0 spiro atoms. The van der Waals surface area contributed by atoms with Crippen LogP contribution in [0.5, 0.6) is 11.5 Å². The predicted molar refractivity (Wildman–Crippen MR) is 468 cm³/mol. The van der Waals surface area contributed by atoms with Crippen molar-refractivity contribution in [3.05, 3.63) is 312 Å². The third kappa shape index (κ3) is 23.6. The zero-order chi connectivity index (χ0) is 82.5. The van der Waals surface area contributed by atoms with E-state index in [1.165, 1.54) is 34.9 Å². The zero-order valence-electron chi connectivity index (χ0n) is 63.8. The summed E-state index contributed by atoms with van der Waals surface area (Å²) < 4.78 is 3.79. The van der Waals surface area contributed by atoms with Crippen LogP contribution in [0.4, 0.5) is 34.8 Å². The maximum atomic E-state index is 9.60. The summed E-state index contributed by atoms with van der Waals surface area (Å²) in [5, 5.41) is 49.9. The van der Waals surface area contributed by atoms with Crippen molar-refractivity contribution in [2.45, 2.75) is 26.2 Å². The van der Waals surface area contributed by atoms with Gasteiger partial charge in [0.15, 0.2) is 56.2 Å². The van der Waals surface area contributed by atoms with Crippen LogP contribution in [0.15, 0.2) is 269 Å². The van der Waals surface area contributed by atoms with Gasteiger partial charge in [0, 0.05) is 120 Å². The molecule has 0 radical (unpaired) electrons. The van der Waals surface area contributed by atoms with Crippen LogP contribution in [0.25, 0.3) is 56.0 Å². The highest BCUT2D eigenvalue weighted by atomic mass is 35.5. The highest BCUT2D eigenvalue weighted by molar-refractivity contribution is 6.58. The summed E-state index contributed by atoms with van der Waals surface area (Å²) in [6, 6.07) is 66.0. The van der Waals surface area contributed by atoms with Crippen molar-refractivity contribution in [2.24, 2.45) is 5.73 Å². The number of phenols is 2. The molecular formula is C83H80BCl4N27O4. The van der Waals surface area contributed by atoms with Crippen molar-refractivity contribution in [1.82, 2.24) is 99.2 Å². The van der Waals surface area contributed by atoms with Gasteiger partial charge in [0.05, 0.1) is 36.4 Å². The fourth-order valence-electron chi connectivity index (χ4n) is 12.1. The first-order valence-electron chi connectivity index (χ1n) is 37.5. The lowest BCUT2D eigenvalue weighted by Gasteiger charge is -2.36. The normalized spacial score (nSPS) is 12.2. The van der Waals surface area contributed by atoms with Crippen molar-refractivity contribution < 1.29 is 20.3 Å². The quantitative estimate of drug-likeness (QED) is 0.0243. The molecule has 2 saturated heterocycles. The summed E-state index contributed by atoms with van der Waals surface area (Å²) in [6.45, 7) is 9.99. The Morgan fingerprint density at radius 2 is 0.815 bits per heavy atom. The number of anilines is 6. The number of piperazine rings is 2. The summed E-state index contributed by atoms with van der Waals surface area (Å²) in [7, 11) is -1.40. The summed E-state index contributed by atoms with van der Waals surface area (Å²) in [5.41, 5.74) is 19.7. The molecule has 0 amide bonds. The molecule has 0 saturated carbocycles. The Balaban J connectivity index is 0.000000129. The number of fused-ring (bicyclic) bond motifs is 4. The highest BCUT2D eigenvalue weighted by Gasteiger charge is 2.24. The minimum atomic E-state index is -1.40. The van der Waals surface area contributed by atoms with Gasteiger partial charge in [0.25, 0.3) is 0 Å². The third-order valence-corrected chi connectivity index (χ3v) is 18.9. The first-order valence-corrected chi connectivity index (χ1v) is 39.0. The van der Waals surface area contributed by atoms with E-state index in [0.29, 0.717) is 88.8 Å². The molecule has 31 nitrogen and oxygen atoms in total. The Kier molecular flexibility index (Phi) is 29.7. The number of H-pyrrole nitrogens is 2. The Hall–Kier alpha value is -13.6. The number of halogens is 4.